The van der Waals surface area contributed by atoms with Gasteiger partial charge in [0, 0.05) is 5.56 Å². The van der Waals surface area contributed by atoms with Gasteiger partial charge in [0.25, 0.3) is 0 Å². The van der Waals surface area contributed by atoms with Crippen LogP contribution in [0.5, 0.6) is 0 Å². The lowest BCUT2D eigenvalue weighted by Gasteiger charge is -2.01. The first-order valence-corrected chi connectivity index (χ1v) is 3.84. The van der Waals surface area contributed by atoms with Crippen molar-refractivity contribution in [3.05, 3.63) is 34.1 Å². The highest BCUT2D eigenvalue weighted by Crippen LogP contribution is 2.22. The zero-order chi connectivity index (χ0) is 10.0. The van der Waals surface area contributed by atoms with Crippen molar-refractivity contribution in [3.8, 4) is 6.07 Å². The Morgan fingerprint density at radius 1 is 1.62 bits per heavy atom. The number of Topliss-reactive ketones (excluding diaryl/α,β-unsaturated/α-hetero) is 1. The van der Waals surface area contributed by atoms with E-state index in [0.29, 0.717) is 0 Å². The summed E-state index contributed by atoms with van der Waals surface area (Å²) in [6.07, 6.45) is 0. The Kier molecular flexibility index (Phi) is 2.64. The second-order valence-corrected chi connectivity index (χ2v) is 2.83. The number of carbonyl (C=O) groups is 1. The fourth-order valence-electron chi connectivity index (χ4n) is 0.953. The van der Waals surface area contributed by atoms with Crippen molar-refractivity contribution in [2.45, 2.75) is 6.92 Å². The van der Waals surface area contributed by atoms with Crippen molar-refractivity contribution in [1.29, 1.82) is 5.26 Å². The third-order valence-corrected chi connectivity index (χ3v) is 1.96. The van der Waals surface area contributed by atoms with Crippen molar-refractivity contribution >= 4 is 17.4 Å². The zero-order valence-electron chi connectivity index (χ0n) is 6.77. The van der Waals surface area contributed by atoms with E-state index in [0.717, 1.165) is 6.07 Å². The molecule has 0 amide bonds. The monoisotopic (exact) mass is 197 g/mol. The van der Waals surface area contributed by atoms with Gasteiger partial charge in [-0.3, -0.25) is 4.79 Å². The Balaban J connectivity index is 3.50. The van der Waals surface area contributed by atoms with E-state index < -0.39 is 5.82 Å². The number of nitrogens with zero attached hydrogens (tertiary/aromatic N) is 1. The lowest BCUT2D eigenvalue weighted by molar-refractivity contribution is 0.101. The molecule has 0 saturated carbocycles. The van der Waals surface area contributed by atoms with Gasteiger partial charge in [-0.1, -0.05) is 11.6 Å². The first kappa shape index (κ1) is 9.69. The van der Waals surface area contributed by atoms with Gasteiger partial charge in [0.05, 0.1) is 10.6 Å². The number of hydrogen-bond donors (Lipinski definition) is 0. The third kappa shape index (κ3) is 1.68. The Labute approximate surface area is 79.5 Å². The van der Waals surface area contributed by atoms with E-state index in [9.17, 15) is 9.18 Å². The number of hydrogen-bond acceptors (Lipinski definition) is 2. The van der Waals surface area contributed by atoms with Gasteiger partial charge >= 0.3 is 0 Å². The molecule has 0 saturated heterocycles. The Morgan fingerprint density at radius 2 is 2.23 bits per heavy atom. The summed E-state index contributed by atoms with van der Waals surface area (Å²) in [5.74, 6) is -0.998. The number of halogens is 2. The largest absolute Gasteiger partial charge is 0.294 e. The van der Waals surface area contributed by atoms with Gasteiger partial charge in [0.1, 0.15) is 11.9 Å². The smallest absolute Gasteiger partial charge is 0.161 e. The van der Waals surface area contributed by atoms with Crippen LogP contribution in [-0.4, -0.2) is 5.78 Å². The maximum atomic E-state index is 12.8. The molecule has 1 aromatic carbocycles. The summed E-state index contributed by atoms with van der Waals surface area (Å²) in [4.78, 5) is 11.0. The van der Waals surface area contributed by atoms with Crippen LogP contribution in [0.4, 0.5) is 4.39 Å². The van der Waals surface area contributed by atoms with Crippen molar-refractivity contribution in [1.82, 2.24) is 0 Å². The van der Waals surface area contributed by atoms with Crippen molar-refractivity contribution in [3.63, 3.8) is 0 Å². The number of carbonyl (C=O) groups excluding carboxylic acids is 1. The lowest BCUT2D eigenvalue weighted by Crippen LogP contribution is -1.98. The van der Waals surface area contributed by atoms with E-state index in [-0.39, 0.29) is 21.9 Å². The molecule has 13 heavy (non-hydrogen) atoms. The Morgan fingerprint density at radius 3 is 2.69 bits per heavy atom. The van der Waals surface area contributed by atoms with Crippen LogP contribution in [0.25, 0.3) is 0 Å². The highest BCUT2D eigenvalue weighted by Gasteiger charge is 2.13. The van der Waals surface area contributed by atoms with Crippen LogP contribution in [0.1, 0.15) is 22.8 Å². The van der Waals surface area contributed by atoms with Crippen LogP contribution in [0, 0.1) is 17.1 Å². The van der Waals surface area contributed by atoms with Crippen LogP contribution in [0.15, 0.2) is 12.1 Å². The predicted octanol–water partition coefficient (Wildman–Crippen LogP) is 2.55. The van der Waals surface area contributed by atoms with Crippen molar-refractivity contribution in [2.75, 3.05) is 0 Å². The van der Waals surface area contributed by atoms with Gasteiger partial charge in [-0.25, -0.2) is 4.39 Å². The molecule has 0 spiro atoms. The van der Waals surface area contributed by atoms with Gasteiger partial charge in [0.2, 0.25) is 0 Å². The summed E-state index contributed by atoms with van der Waals surface area (Å²) < 4.78 is 12.8. The first-order chi connectivity index (χ1) is 6.07. The van der Waals surface area contributed by atoms with E-state index in [1.165, 1.54) is 13.0 Å². The molecule has 4 heteroatoms. The molecule has 1 rings (SSSR count). The molecule has 0 aliphatic carbocycles. The Hall–Kier alpha value is -1.40. The number of benzene rings is 1. The van der Waals surface area contributed by atoms with Gasteiger partial charge in [0.15, 0.2) is 5.78 Å². The molecule has 0 fully saturated rings. The second-order valence-electron chi connectivity index (χ2n) is 2.45. The van der Waals surface area contributed by atoms with Gasteiger partial charge < -0.3 is 0 Å². The molecule has 0 atom stereocenters. The highest BCUT2D eigenvalue weighted by molar-refractivity contribution is 6.32. The summed E-state index contributed by atoms with van der Waals surface area (Å²) in [7, 11) is 0. The first-order valence-electron chi connectivity index (χ1n) is 3.47. The predicted molar refractivity (Wildman–Crippen MR) is 46.1 cm³/mol. The minimum absolute atomic E-state index is 0.103. The third-order valence-electron chi connectivity index (χ3n) is 1.59. The van der Waals surface area contributed by atoms with Gasteiger partial charge in [-0.15, -0.1) is 0 Å². The van der Waals surface area contributed by atoms with E-state index in [1.54, 1.807) is 6.07 Å². The molecule has 0 bridgehead atoms. The van der Waals surface area contributed by atoms with Gasteiger partial charge in [-0.2, -0.15) is 5.26 Å². The van der Waals surface area contributed by atoms with Crippen LogP contribution in [0.3, 0.4) is 0 Å². The molecule has 0 radical (unpaired) electrons. The fraction of sp³-hybridized carbons (Fsp3) is 0.111. The summed E-state index contributed by atoms with van der Waals surface area (Å²) in [5, 5.41) is 8.32. The van der Waals surface area contributed by atoms with Crippen LogP contribution in [0.2, 0.25) is 5.02 Å². The van der Waals surface area contributed by atoms with Crippen molar-refractivity contribution in [2.24, 2.45) is 0 Å². The SMILES string of the molecule is CC(=O)c1ccc(F)c(Cl)c1C#N. The molecule has 0 aliphatic rings. The van der Waals surface area contributed by atoms with E-state index >= 15 is 0 Å². The number of ketones is 1. The zero-order valence-corrected chi connectivity index (χ0v) is 7.52. The summed E-state index contributed by atoms with van der Waals surface area (Å²) in [5.41, 5.74) is 0.0445. The minimum atomic E-state index is -0.691. The quantitative estimate of drug-likeness (QED) is 0.650. The number of rotatable bonds is 1. The topological polar surface area (TPSA) is 40.9 Å². The molecule has 0 unspecified atom stereocenters. The lowest BCUT2D eigenvalue weighted by atomic mass is 10.1. The maximum absolute atomic E-state index is 12.8. The van der Waals surface area contributed by atoms with Crippen LogP contribution >= 0.6 is 11.6 Å². The molecular formula is C9H5ClFNO. The fourth-order valence-corrected chi connectivity index (χ4v) is 1.16. The average Bonchev–Trinajstić information content (AvgIpc) is 2.09. The van der Waals surface area contributed by atoms with Crippen LogP contribution in [-0.2, 0) is 0 Å². The van der Waals surface area contributed by atoms with Crippen molar-refractivity contribution < 1.29 is 9.18 Å². The Bertz CT molecular complexity index is 409. The maximum Gasteiger partial charge on any atom is 0.161 e. The molecular weight excluding hydrogens is 193 g/mol. The summed E-state index contributed by atoms with van der Waals surface area (Å²) in [6, 6.07) is 4.01. The normalized spacial score (nSPS) is 9.38. The summed E-state index contributed by atoms with van der Waals surface area (Å²) >= 11 is 5.49. The number of nitriles is 1. The van der Waals surface area contributed by atoms with Gasteiger partial charge in [-0.05, 0) is 19.1 Å². The molecule has 2 nitrogen and oxygen atoms in total. The average molecular weight is 198 g/mol. The van der Waals surface area contributed by atoms with E-state index in [1.807, 2.05) is 0 Å². The summed E-state index contributed by atoms with van der Waals surface area (Å²) in [6.45, 7) is 1.30. The molecule has 0 aliphatic heterocycles. The molecule has 66 valence electrons. The van der Waals surface area contributed by atoms with Crippen LogP contribution < -0.4 is 0 Å². The molecule has 1 aromatic rings. The molecule has 0 N–H and O–H groups in total. The minimum Gasteiger partial charge on any atom is -0.294 e. The molecule has 0 heterocycles. The molecule has 0 aromatic heterocycles. The van der Waals surface area contributed by atoms with E-state index in [4.69, 9.17) is 16.9 Å². The second kappa shape index (κ2) is 3.55. The van der Waals surface area contributed by atoms with E-state index in [2.05, 4.69) is 0 Å². The standard InChI is InChI=1S/C9H5ClFNO/c1-5(13)6-2-3-8(11)9(10)7(6)4-12/h2-3H,1H3. The highest BCUT2D eigenvalue weighted by atomic mass is 35.5.